The van der Waals surface area contributed by atoms with Gasteiger partial charge in [0.05, 0.1) is 0 Å². The maximum absolute atomic E-state index is 12.2. The quantitative estimate of drug-likeness (QED) is 0.569. The van der Waals surface area contributed by atoms with Gasteiger partial charge in [0.2, 0.25) is 5.91 Å². The second-order valence-corrected chi connectivity index (χ2v) is 7.75. The number of carbonyl (C=O) groups is 2. The molecule has 1 aromatic heterocycles. The zero-order chi connectivity index (χ0) is 20.1. The number of aromatic hydroxyl groups is 1. The molecule has 9 heteroatoms. The van der Waals surface area contributed by atoms with Gasteiger partial charge in [0.15, 0.2) is 0 Å². The SMILES string of the molecule is Cc1c(CCC(=O)N[C@H](CC[S@@](C)=O)C(=O)O)c(=O)oc2cc(O)ccc12. The Bertz CT molecular complexity index is 951. The lowest BCUT2D eigenvalue weighted by Gasteiger charge is -2.14. The minimum absolute atomic E-state index is 0.0232. The van der Waals surface area contributed by atoms with Gasteiger partial charge in [-0.05, 0) is 37.5 Å². The molecule has 0 fully saturated rings. The summed E-state index contributed by atoms with van der Waals surface area (Å²) in [7, 11) is -1.16. The van der Waals surface area contributed by atoms with E-state index < -0.39 is 34.3 Å². The molecule has 0 radical (unpaired) electrons. The maximum atomic E-state index is 12.2. The molecule has 2 rings (SSSR count). The summed E-state index contributed by atoms with van der Waals surface area (Å²) in [6, 6.07) is 3.31. The first-order valence-electron chi connectivity index (χ1n) is 8.26. The molecule has 1 amide bonds. The molecule has 1 heterocycles. The molecule has 0 saturated carbocycles. The van der Waals surface area contributed by atoms with Crippen LogP contribution in [0.3, 0.4) is 0 Å². The maximum Gasteiger partial charge on any atom is 0.339 e. The number of phenolic OH excluding ortho intramolecular Hbond substituents is 1. The average Bonchev–Trinajstić information content (AvgIpc) is 2.57. The largest absolute Gasteiger partial charge is 0.508 e. The van der Waals surface area contributed by atoms with Crippen LogP contribution in [0.25, 0.3) is 11.0 Å². The molecule has 0 aliphatic heterocycles. The van der Waals surface area contributed by atoms with Crippen molar-refractivity contribution >= 4 is 33.6 Å². The van der Waals surface area contributed by atoms with E-state index in [4.69, 9.17) is 9.52 Å². The van der Waals surface area contributed by atoms with E-state index in [9.17, 15) is 23.7 Å². The number of hydrogen-bond donors (Lipinski definition) is 3. The molecule has 146 valence electrons. The summed E-state index contributed by atoms with van der Waals surface area (Å²) in [5.74, 6) is -1.58. The smallest absolute Gasteiger partial charge is 0.339 e. The van der Waals surface area contributed by atoms with Crippen molar-refractivity contribution in [2.75, 3.05) is 12.0 Å². The van der Waals surface area contributed by atoms with Crippen LogP contribution in [0.15, 0.2) is 27.4 Å². The van der Waals surface area contributed by atoms with Crippen molar-refractivity contribution in [2.45, 2.75) is 32.2 Å². The van der Waals surface area contributed by atoms with Crippen molar-refractivity contribution in [3.05, 3.63) is 39.7 Å². The molecule has 2 atom stereocenters. The Kier molecular flexibility index (Phi) is 6.73. The fourth-order valence-electron chi connectivity index (χ4n) is 2.72. The Morgan fingerprint density at radius 3 is 2.67 bits per heavy atom. The van der Waals surface area contributed by atoms with Crippen molar-refractivity contribution in [3.63, 3.8) is 0 Å². The van der Waals surface area contributed by atoms with Crippen molar-refractivity contribution in [3.8, 4) is 5.75 Å². The van der Waals surface area contributed by atoms with Gasteiger partial charge in [-0.1, -0.05) is 0 Å². The number of amides is 1. The van der Waals surface area contributed by atoms with E-state index >= 15 is 0 Å². The Morgan fingerprint density at radius 1 is 1.33 bits per heavy atom. The molecule has 0 bridgehead atoms. The number of fused-ring (bicyclic) bond motifs is 1. The summed E-state index contributed by atoms with van der Waals surface area (Å²) < 4.78 is 16.3. The van der Waals surface area contributed by atoms with Gasteiger partial charge in [-0.15, -0.1) is 0 Å². The highest BCUT2D eigenvalue weighted by atomic mass is 32.2. The van der Waals surface area contributed by atoms with Gasteiger partial charge >= 0.3 is 11.6 Å². The minimum atomic E-state index is -1.20. The van der Waals surface area contributed by atoms with Crippen LogP contribution in [-0.4, -0.2) is 44.3 Å². The van der Waals surface area contributed by atoms with E-state index in [0.29, 0.717) is 16.5 Å². The minimum Gasteiger partial charge on any atom is -0.508 e. The number of carbonyl (C=O) groups excluding carboxylic acids is 1. The Hall–Kier alpha value is -2.68. The lowest BCUT2D eigenvalue weighted by molar-refractivity contribution is -0.141. The normalized spacial score (nSPS) is 13.3. The number of carboxylic acid groups (broad SMARTS) is 1. The summed E-state index contributed by atoms with van der Waals surface area (Å²) in [5, 5.41) is 21.7. The first-order valence-corrected chi connectivity index (χ1v) is 9.99. The Labute approximate surface area is 157 Å². The highest BCUT2D eigenvalue weighted by Gasteiger charge is 2.21. The molecule has 0 aliphatic carbocycles. The number of rotatable bonds is 8. The molecule has 0 unspecified atom stereocenters. The van der Waals surface area contributed by atoms with E-state index in [1.165, 1.54) is 18.4 Å². The monoisotopic (exact) mass is 395 g/mol. The summed E-state index contributed by atoms with van der Waals surface area (Å²) in [6.45, 7) is 1.72. The van der Waals surface area contributed by atoms with Crippen molar-refractivity contribution in [2.24, 2.45) is 0 Å². The molecule has 0 aliphatic rings. The van der Waals surface area contributed by atoms with Gasteiger partial charge in [-0.3, -0.25) is 9.00 Å². The van der Waals surface area contributed by atoms with Crippen molar-refractivity contribution in [1.82, 2.24) is 5.32 Å². The zero-order valence-electron chi connectivity index (χ0n) is 15.0. The zero-order valence-corrected chi connectivity index (χ0v) is 15.8. The Morgan fingerprint density at radius 2 is 2.04 bits per heavy atom. The number of benzene rings is 1. The van der Waals surface area contributed by atoms with Gasteiger partial charge < -0.3 is 19.9 Å². The van der Waals surface area contributed by atoms with Gasteiger partial charge in [0.1, 0.15) is 17.4 Å². The second kappa shape index (κ2) is 8.81. The molecule has 2 aromatic rings. The molecule has 1 aromatic carbocycles. The molecule has 27 heavy (non-hydrogen) atoms. The number of phenols is 1. The fraction of sp³-hybridized carbons (Fsp3) is 0.389. The van der Waals surface area contributed by atoms with Crippen LogP contribution in [0.2, 0.25) is 0 Å². The Balaban J connectivity index is 2.10. The van der Waals surface area contributed by atoms with Crippen molar-refractivity contribution < 1.29 is 28.4 Å². The topological polar surface area (TPSA) is 134 Å². The van der Waals surface area contributed by atoms with E-state index in [1.54, 1.807) is 13.0 Å². The van der Waals surface area contributed by atoms with Crippen LogP contribution in [0.4, 0.5) is 0 Å². The third kappa shape index (κ3) is 5.40. The van der Waals surface area contributed by atoms with E-state index in [0.717, 1.165) is 0 Å². The summed E-state index contributed by atoms with van der Waals surface area (Å²) in [5.41, 5.74) is 0.619. The summed E-state index contributed by atoms with van der Waals surface area (Å²) in [6.07, 6.45) is 1.52. The van der Waals surface area contributed by atoms with Gasteiger partial charge in [0, 0.05) is 46.2 Å². The lowest BCUT2D eigenvalue weighted by Crippen LogP contribution is -2.41. The number of nitrogens with one attached hydrogen (secondary N) is 1. The second-order valence-electron chi connectivity index (χ2n) is 6.20. The highest BCUT2D eigenvalue weighted by molar-refractivity contribution is 7.84. The van der Waals surface area contributed by atoms with E-state index in [1.807, 2.05) is 0 Å². The molecule has 0 saturated heterocycles. The van der Waals surface area contributed by atoms with Crippen LogP contribution in [0, 0.1) is 6.92 Å². The summed E-state index contributed by atoms with van der Waals surface area (Å²) >= 11 is 0. The van der Waals surface area contributed by atoms with Crippen LogP contribution in [-0.2, 0) is 26.8 Å². The number of aryl methyl sites for hydroxylation is 1. The predicted molar refractivity (Wildman–Crippen MR) is 100 cm³/mol. The van der Waals surface area contributed by atoms with Crippen LogP contribution >= 0.6 is 0 Å². The molecular weight excluding hydrogens is 374 g/mol. The average molecular weight is 395 g/mol. The molecule has 8 nitrogen and oxygen atoms in total. The molecular formula is C18H21NO7S. The highest BCUT2D eigenvalue weighted by Crippen LogP contribution is 2.23. The third-order valence-corrected chi connectivity index (χ3v) is 5.01. The van der Waals surface area contributed by atoms with E-state index in [-0.39, 0.29) is 36.3 Å². The van der Waals surface area contributed by atoms with Crippen LogP contribution in [0.1, 0.15) is 24.0 Å². The molecule has 0 spiro atoms. The predicted octanol–water partition coefficient (Wildman–Crippen LogP) is 1.08. The van der Waals surface area contributed by atoms with Gasteiger partial charge in [-0.25, -0.2) is 9.59 Å². The third-order valence-electron chi connectivity index (χ3n) is 4.20. The van der Waals surface area contributed by atoms with Crippen LogP contribution in [0.5, 0.6) is 5.75 Å². The van der Waals surface area contributed by atoms with Gasteiger partial charge in [0.25, 0.3) is 0 Å². The first kappa shape index (κ1) is 20.6. The van der Waals surface area contributed by atoms with Gasteiger partial charge in [-0.2, -0.15) is 0 Å². The fourth-order valence-corrected chi connectivity index (χ4v) is 3.29. The number of carboxylic acids is 1. The van der Waals surface area contributed by atoms with E-state index in [2.05, 4.69) is 5.32 Å². The standard InChI is InChI=1S/C18H21NO7S/c1-10-12-4-3-11(20)9-15(12)26-18(24)13(10)5-6-16(21)19-14(17(22)23)7-8-27(2)25/h3-4,9,14,20H,5-8H2,1-2H3,(H,19,21)(H,22,23)/t14-,27-/m1/s1. The van der Waals surface area contributed by atoms with Crippen LogP contribution < -0.4 is 10.9 Å². The number of hydrogen-bond acceptors (Lipinski definition) is 6. The summed E-state index contributed by atoms with van der Waals surface area (Å²) in [4.78, 5) is 35.5. The first-order chi connectivity index (χ1) is 12.7. The molecule has 3 N–H and O–H groups in total. The lowest BCUT2D eigenvalue weighted by atomic mass is 10.0. The van der Waals surface area contributed by atoms with Crippen molar-refractivity contribution in [1.29, 1.82) is 0 Å². The number of aliphatic carboxylic acids is 1.